The van der Waals surface area contributed by atoms with Gasteiger partial charge in [0.2, 0.25) is 10.0 Å². The van der Waals surface area contributed by atoms with Crippen LogP contribution in [0.3, 0.4) is 0 Å². The van der Waals surface area contributed by atoms with E-state index >= 15 is 0 Å². The van der Waals surface area contributed by atoms with Crippen molar-refractivity contribution in [3.63, 3.8) is 0 Å². The number of unbranched alkanes of at least 4 members (excludes halogenated alkanes) is 3. The minimum absolute atomic E-state index is 0.0197. The molecular formula is C14H21NO4S. The lowest BCUT2D eigenvalue weighted by molar-refractivity contribution is 0.101. The number of hydrogen-bond donors (Lipinski definition) is 1. The predicted molar refractivity (Wildman–Crippen MR) is 78.4 cm³/mol. The van der Waals surface area contributed by atoms with Crippen LogP contribution in [0.15, 0.2) is 24.3 Å². The molecule has 0 atom stereocenters. The van der Waals surface area contributed by atoms with E-state index in [1.165, 1.54) is 6.92 Å². The zero-order valence-corrected chi connectivity index (χ0v) is 12.5. The Bertz CT molecular complexity index is 540. The lowest BCUT2D eigenvalue weighted by Crippen LogP contribution is -2.16. The monoisotopic (exact) mass is 299 g/mol. The van der Waals surface area contributed by atoms with Gasteiger partial charge in [0.25, 0.3) is 0 Å². The minimum atomic E-state index is -3.34. The van der Waals surface area contributed by atoms with E-state index in [2.05, 4.69) is 0 Å². The van der Waals surface area contributed by atoms with Crippen LogP contribution >= 0.6 is 0 Å². The van der Waals surface area contributed by atoms with E-state index in [0.29, 0.717) is 24.3 Å². The van der Waals surface area contributed by atoms with Gasteiger partial charge in [0.05, 0.1) is 17.9 Å². The molecule has 0 radical (unpaired) electrons. The van der Waals surface area contributed by atoms with Gasteiger partial charge in [-0.2, -0.15) is 0 Å². The number of nitrogens with two attached hydrogens (primary N) is 1. The molecule has 0 heterocycles. The summed E-state index contributed by atoms with van der Waals surface area (Å²) in [5.41, 5.74) is 0.585. The van der Waals surface area contributed by atoms with Crippen LogP contribution in [0.5, 0.6) is 5.75 Å². The van der Waals surface area contributed by atoms with E-state index < -0.39 is 10.0 Å². The van der Waals surface area contributed by atoms with Crippen molar-refractivity contribution in [3.05, 3.63) is 29.8 Å². The molecule has 0 aliphatic heterocycles. The molecular weight excluding hydrogens is 278 g/mol. The summed E-state index contributed by atoms with van der Waals surface area (Å²) >= 11 is 0. The van der Waals surface area contributed by atoms with Crippen LogP contribution in [0, 0.1) is 0 Å². The fraction of sp³-hybridized carbons (Fsp3) is 0.500. The molecule has 0 aliphatic carbocycles. The van der Waals surface area contributed by atoms with Crippen LogP contribution in [0.1, 0.15) is 43.0 Å². The summed E-state index contributed by atoms with van der Waals surface area (Å²) in [6.07, 6.45) is 3.06. The Labute approximate surface area is 120 Å². The average molecular weight is 299 g/mol. The van der Waals surface area contributed by atoms with Gasteiger partial charge in [-0.3, -0.25) is 4.79 Å². The predicted octanol–water partition coefficient (Wildman–Crippen LogP) is 2.12. The summed E-state index contributed by atoms with van der Waals surface area (Å²) in [6, 6.07) is 7.15. The zero-order chi connectivity index (χ0) is 15.0. The first kappa shape index (κ1) is 16.7. The van der Waals surface area contributed by atoms with Gasteiger partial charge in [-0.25, -0.2) is 13.6 Å². The van der Waals surface area contributed by atoms with E-state index in [1.54, 1.807) is 18.2 Å². The van der Waals surface area contributed by atoms with Crippen molar-refractivity contribution >= 4 is 15.8 Å². The maximum absolute atomic E-state index is 11.4. The molecule has 0 saturated heterocycles. The SMILES string of the molecule is CC(=O)c1ccccc1OCCCCCCS(N)(=O)=O. The van der Waals surface area contributed by atoms with Crippen molar-refractivity contribution in [1.29, 1.82) is 0 Å². The number of carbonyl (C=O) groups is 1. The maximum atomic E-state index is 11.4. The molecule has 1 rings (SSSR count). The van der Waals surface area contributed by atoms with Crippen LogP contribution in [0.4, 0.5) is 0 Å². The number of carbonyl (C=O) groups excluding carboxylic acids is 1. The molecule has 0 spiro atoms. The molecule has 0 aliphatic rings. The van der Waals surface area contributed by atoms with Crippen molar-refractivity contribution in [2.24, 2.45) is 5.14 Å². The summed E-state index contributed by atoms with van der Waals surface area (Å²) in [4.78, 5) is 11.4. The molecule has 0 aromatic heterocycles. The Morgan fingerprint density at radius 2 is 1.80 bits per heavy atom. The number of rotatable bonds is 9. The Morgan fingerprint density at radius 1 is 1.15 bits per heavy atom. The van der Waals surface area contributed by atoms with E-state index in [-0.39, 0.29) is 11.5 Å². The first-order valence-corrected chi connectivity index (χ1v) is 8.35. The number of benzene rings is 1. The highest BCUT2D eigenvalue weighted by Gasteiger charge is 2.07. The number of ether oxygens (including phenoxy) is 1. The smallest absolute Gasteiger partial charge is 0.209 e. The topological polar surface area (TPSA) is 86.5 Å². The summed E-state index contributed by atoms with van der Waals surface area (Å²) in [5, 5.41) is 4.91. The first-order valence-electron chi connectivity index (χ1n) is 6.63. The van der Waals surface area contributed by atoms with Crippen LogP contribution in [-0.2, 0) is 10.0 Å². The second-order valence-electron chi connectivity index (χ2n) is 4.68. The van der Waals surface area contributed by atoms with Gasteiger partial charge >= 0.3 is 0 Å². The minimum Gasteiger partial charge on any atom is -0.493 e. The molecule has 0 amide bonds. The maximum Gasteiger partial charge on any atom is 0.209 e. The zero-order valence-electron chi connectivity index (χ0n) is 11.7. The number of hydrogen-bond acceptors (Lipinski definition) is 4. The highest BCUT2D eigenvalue weighted by atomic mass is 32.2. The van der Waals surface area contributed by atoms with Crippen molar-refractivity contribution in [2.75, 3.05) is 12.4 Å². The van der Waals surface area contributed by atoms with Crippen molar-refractivity contribution in [1.82, 2.24) is 0 Å². The van der Waals surface area contributed by atoms with Gasteiger partial charge in [-0.05, 0) is 31.9 Å². The van der Waals surface area contributed by atoms with Crippen molar-refractivity contribution < 1.29 is 17.9 Å². The fourth-order valence-corrected chi connectivity index (χ4v) is 2.43. The fourth-order valence-electron chi connectivity index (χ4n) is 1.82. The number of primary sulfonamides is 1. The molecule has 112 valence electrons. The summed E-state index contributed by atoms with van der Waals surface area (Å²) < 4.78 is 27.0. The largest absolute Gasteiger partial charge is 0.493 e. The highest BCUT2D eigenvalue weighted by molar-refractivity contribution is 7.89. The standard InChI is InChI=1S/C14H21NO4S/c1-12(16)13-8-4-5-9-14(13)19-10-6-2-3-7-11-20(15,17)18/h4-5,8-9H,2-3,6-7,10-11H2,1H3,(H2,15,17,18). The molecule has 0 unspecified atom stereocenters. The van der Waals surface area contributed by atoms with Crippen LogP contribution < -0.4 is 9.88 Å². The second-order valence-corrected chi connectivity index (χ2v) is 6.42. The van der Waals surface area contributed by atoms with E-state index in [0.717, 1.165) is 19.3 Å². The molecule has 6 heteroatoms. The van der Waals surface area contributed by atoms with Crippen molar-refractivity contribution in [3.8, 4) is 5.75 Å². The van der Waals surface area contributed by atoms with Gasteiger partial charge < -0.3 is 4.74 Å². The van der Waals surface area contributed by atoms with Gasteiger partial charge in [0.15, 0.2) is 5.78 Å². The lowest BCUT2D eigenvalue weighted by Gasteiger charge is -2.09. The number of Topliss-reactive ketones (excluding diaryl/α,β-unsaturated/α-hetero) is 1. The molecule has 20 heavy (non-hydrogen) atoms. The Balaban J connectivity index is 2.24. The molecule has 2 N–H and O–H groups in total. The van der Waals surface area contributed by atoms with Gasteiger partial charge in [-0.15, -0.1) is 0 Å². The normalized spacial score (nSPS) is 11.3. The molecule has 0 bridgehead atoms. The third-order valence-corrected chi connectivity index (χ3v) is 3.70. The Hall–Kier alpha value is -1.40. The first-order chi connectivity index (χ1) is 9.40. The number of ketones is 1. The van der Waals surface area contributed by atoms with Crippen LogP contribution in [0.25, 0.3) is 0 Å². The molecule has 1 aromatic carbocycles. The van der Waals surface area contributed by atoms with Gasteiger partial charge in [0, 0.05) is 0 Å². The second kappa shape index (κ2) is 8.01. The highest BCUT2D eigenvalue weighted by Crippen LogP contribution is 2.18. The Morgan fingerprint density at radius 3 is 2.45 bits per heavy atom. The van der Waals surface area contributed by atoms with E-state index in [4.69, 9.17) is 9.88 Å². The lowest BCUT2D eigenvalue weighted by atomic mass is 10.1. The summed E-state index contributed by atoms with van der Waals surface area (Å²) in [6.45, 7) is 2.02. The average Bonchev–Trinajstić information content (AvgIpc) is 2.36. The quantitative estimate of drug-likeness (QED) is 0.559. The Kier molecular flexibility index (Phi) is 6.67. The molecule has 0 saturated carbocycles. The van der Waals surface area contributed by atoms with Crippen LogP contribution in [0.2, 0.25) is 0 Å². The van der Waals surface area contributed by atoms with Gasteiger partial charge in [-0.1, -0.05) is 25.0 Å². The van der Waals surface area contributed by atoms with Crippen LogP contribution in [-0.4, -0.2) is 26.6 Å². The molecule has 1 aromatic rings. The molecule has 5 nitrogen and oxygen atoms in total. The third kappa shape index (κ3) is 6.68. The third-order valence-electron chi connectivity index (χ3n) is 2.85. The number of sulfonamides is 1. The molecule has 0 fully saturated rings. The summed E-state index contributed by atoms with van der Waals surface area (Å²) in [5.74, 6) is 0.611. The van der Waals surface area contributed by atoms with Crippen molar-refractivity contribution in [2.45, 2.75) is 32.6 Å². The summed E-state index contributed by atoms with van der Waals surface area (Å²) in [7, 11) is -3.34. The van der Waals surface area contributed by atoms with Gasteiger partial charge in [0.1, 0.15) is 5.75 Å². The van der Waals surface area contributed by atoms with E-state index in [9.17, 15) is 13.2 Å². The van der Waals surface area contributed by atoms with E-state index in [1.807, 2.05) is 6.07 Å². The number of para-hydroxylation sites is 1.